The first kappa shape index (κ1) is 14.4. The minimum absolute atomic E-state index is 0.205. The zero-order valence-electron chi connectivity index (χ0n) is 13.9. The van der Waals surface area contributed by atoms with E-state index in [4.69, 9.17) is 0 Å². The molecule has 2 aromatic rings. The van der Waals surface area contributed by atoms with Crippen molar-refractivity contribution in [2.45, 2.75) is 49.7 Å². The molecular formula is C20H21FN2O2. The monoisotopic (exact) mass is 340 g/mol. The number of aliphatic hydroxyl groups excluding tert-OH is 1. The van der Waals surface area contributed by atoms with E-state index in [1.165, 1.54) is 6.07 Å². The Morgan fingerprint density at radius 2 is 2.00 bits per heavy atom. The third-order valence-corrected chi connectivity index (χ3v) is 7.80. The molecule has 0 saturated heterocycles. The highest BCUT2D eigenvalue weighted by Crippen LogP contribution is 2.73. The van der Waals surface area contributed by atoms with E-state index < -0.39 is 11.7 Å². The average Bonchev–Trinajstić information content (AvgIpc) is 3.33. The van der Waals surface area contributed by atoms with Crippen molar-refractivity contribution in [3.8, 4) is 5.69 Å². The van der Waals surface area contributed by atoms with Gasteiger partial charge in [0, 0.05) is 23.1 Å². The first-order valence-corrected chi connectivity index (χ1v) is 9.24. The first-order valence-electron chi connectivity index (χ1n) is 9.24. The molecule has 2 N–H and O–H groups in total. The van der Waals surface area contributed by atoms with Crippen LogP contribution in [0.2, 0.25) is 0 Å². The van der Waals surface area contributed by atoms with Crippen molar-refractivity contribution in [3.63, 3.8) is 0 Å². The van der Waals surface area contributed by atoms with E-state index in [2.05, 4.69) is 4.98 Å². The van der Waals surface area contributed by atoms with E-state index in [0.717, 1.165) is 37.1 Å². The van der Waals surface area contributed by atoms with Crippen LogP contribution in [-0.2, 0) is 0 Å². The molecule has 1 aromatic heterocycles. The van der Waals surface area contributed by atoms with Crippen LogP contribution < -0.4 is 0 Å². The summed E-state index contributed by atoms with van der Waals surface area (Å²) in [6, 6.07) is 5.10. The largest absolute Gasteiger partial charge is 0.392 e. The molecule has 4 aliphatic carbocycles. The Kier molecular flexibility index (Phi) is 2.50. The van der Waals surface area contributed by atoms with Crippen molar-refractivity contribution in [2.24, 2.45) is 17.3 Å². The van der Waals surface area contributed by atoms with E-state index in [1.54, 1.807) is 18.6 Å². The topological polar surface area (TPSA) is 58.3 Å². The highest BCUT2D eigenvalue weighted by Gasteiger charge is 2.73. The van der Waals surface area contributed by atoms with Crippen LogP contribution in [0.1, 0.15) is 49.3 Å². The van der Waals surface area contributed by atoms with Crippen LogP contribution in [0.5, 0.6) is 0 Å². The molecule has 5 heteroatoms. The summed E-state index contributed by atoms with van der Waals surface area (Å²) < 4.78 is 16.5. The first-order chi connectivity index (χ1) is 12.0. The lowest BCUT2D eigenvalue weighted by molar-refractivity contribution is -0.106. The van der Waals surface area contributed by atoms with Crippen LogP contribution in [0.25, 0.3) is 5.69 Å². The molecule has 4 nitrogen and oxygen atoms in total. The van der Waals surface area contributed by atoms with Gasteiger partial charge in [-0.15, -0.1) is 0 Å². The van der Waals surface area contributed by atoms with Crippen LogP contribution in [0.3, 0.4) is 0 Å². The molecule has 130 valence electrons. The SMILES string of the molecule is OC(CC1c2c(F)cccc2-n2cncc21)C12CC3CC1(O)CC3C2. The van der Waals surface area contributed by atoms with Crippen LogP contribution in [-0.4, -0.2) is 31.5 Å². The third-order valence-electron chi connectivity index (χ3n) is 7.80. The van der Waals surface area contributed by atoms with Gasteiger partial charge in [0.2, 0.25) is 0 Å². The summed E-state index contributed by atoms with van der Waals surface area (Å²) in [5.41, 5.74) is 1.31. The highest BCUT2D eigenvalue weighted by molar-refractivity contribution is 5.54. The Labute approximate surface area is 145 Å². The Morgan fingerprint density at radius 3 is 2.68 bits per heavy atom. The molecule has 25 heavy (non-hydrogen) atoms. The van der Waals surface area contributed by atoms with Gasteiger partial charge in [-0.2, -0.15) is 0 Å². The van der Waals surface area contributed by atoms with E-state index in [-0.39, 0.29) is 17.2 Å². The molecule has 4 atom stereocenters. The number of hydrogen-bond donors (Lipinski definition) is 2. The minimum atomic E-state index is -0.710. The van der Waals surface area contributed by atoms with Gasteiger partial charge in [-0.05, 0) is 56.1 Å². The molecule has 2 heterocycles. The summed E-state index contributed by atoms with van der Waals surface area (Å²) in [5.74, 6) is 0.703. The fourth-order valence-electron chi connectivity index (χ4n) is 6.83. The van der Waals surface area contributed by atoms with Gasteiger partial charge in [0.1, 0.15) is 5.82 Å². The number of aromatic nitrogens is 2. The third kappa shape index (κ3) is 1.53. The molecule has 7 rings (SSSR count). The molecule has 4 bridgehead atoms. The number of rotatable bonds is 3. The fraction of sp³-hybridized carbons (Fsp3) is 0.550. The van der Waals surface area contributed by atoms with Crippen LogP contribution in [0.15, 0.2) is 30.7 Å². The van der Waals surface area contributed by atoms with Gasteiger partial charge in [0.05, 0.1) is 29.4 Å². The van der Waals surface area contributed by atoms with Crippen molar-refractivity contribution < 1.29 is 14.6 Å². The number of nitrogens with zero attached hydrogens (tertiary/aromatic N) is 2. The van der Waals surface area contributed by atoms with Crippen molar-refractivity contribution in [2.75, 3.05) is 0 Å². The fourth-order valence-corrected chi connectivity index (χ4v) is 6.83. The van der Waals surface area contributed by atoms with Gasteiger partial charge >= 0.3 is 0 Å². The standard InChI is InChI=1S/C20H21FN2O2/c21-14-2-1-3-15-18(14)13(16-9-22-10-23(15)16)4-17(24)19-5-11-7-20(19,25)8-12(11)6-19/h1-3,9-13,17,24-25H,4-8H2. The Bertz CT molecular complexity index is 878. The number of hydrogen-bond acceptors (Lipinski definition) is 3. The smallest absolute Gasteiger partial charge is 0.129 e. The van der Waals surface area contributed by atoms with Crippen molar-refractivity contribution in [3.05, 3.63) is 47.8 Å². The van der Waals surface area contributed by atoms with E-state index in [9.17, 15) is 14.6 Å². The lowest BCUT2D eigenvalue weighted by Gasteiger charge is -2.41. The molecular weight excluding hydrogens is 319 g/mol. The quantitative estimate of drug-likeness (QED) is 0.903. The van der Waals surface area contributed by atoms with Crippen molar-refractivity contribution in [1.82, 2.24) is 9.55 Å². The highest BCUT2D eigenvalue weighted by atomic mass is 19.1. The maximum Gasteiger partial charge on any atom is 0.129 e. The van der Waals surface area contributed by atoms with Gasteiger partial charge in [-0.1, -0.05) is 6.07 Å². The summed E-state index contributed by atoms with van der Waals surface area (Å²) >= 11 is 0. The van der Waals surface area contributed by atoms with E-state index in [0.29, 0.717) is 23.8 Å². The molecule has 1 aliphatic heterocycles. The van der Waals surface area contributed by atoms with Gasteiger partial charge in [0.25, 0.3) is 0 Å². The number of halogens is 1. The second kappa shape index (κ2) is 4.33. The Hall–Kier alpha value is -1.72. The maximum absolute atomic E-state index is 14.6. The molecule has 4 unspecified atom stereocenters. The predicted molar refractivity (Wildman–Crippen MR) is 88.8 cm³/mol. The van der Waals surface area contributed by atoms with Gasteiger partial charge in [-0.25, -0.2) is 9.37 Å². The normalized spacial score (nSPS) is 40.7. The molecule has 4 saturated carbocycles. The number of imidazole rings is 1. The predicted octanol–water partition coefficient (Wildman–Crippen LogP) is 2.76. The summed E-state index contributed by atoms with van der Waals surface area (Å²) in [4.78, 5) is 4.22. The summed E-state index contributed by atoms with van der Waals surface area (Å²) in [7, 11) is 0. The Morgan fingerprint density at radius 1 is 1.24 bits per heavy atom. The summed E-state index contributed by atoms with van der Waals surface area (Å²) in [5, 5.41) is 22.3. The molecule has 5 aliphatic rings. The number of fused-ring (bicyclic) bond motifs is 3. The maximum atomic E-state index is 14.6. The number of aliphatic hydroxyl groups is 2. The van der Waals surface area contributed by atoms with Gasteiger partial charge < -0.3 is 14.8 Å². The molecule has 0 amide bonds. The molecule has 4 fully saturated rings. The second-order valence-electron chi connectivity index (χ2n) is 8.69. The summed E-state index contributed by atoms with van der Waals surface area (Å²) in [6.07, 6.45) is 6.83. The van der Waals surface area contributed by atoms with Gasteiger partial charge in [0.15, 0.2) is 0 Å². The van der Waals surface area contributed by atoms with Crippen molar-refractivity contribution >= 4 is 0 Å². The minimum Gasteiger partial charge on any atom is -0.392 e. The van der Waals surface area contributed by atoms with Crippen LogP contribution in [0.4, 0.5) is 4.39 Å². The van der Waals surface area contributed by atoms with Crippen LogP contribution in [0, 0.1) is 23.1 Å². The molecule has 0 radical (unpaired) electrons. The summed E-state index contributed by atoms with van der Waals surface area (Å²) in [6.45, 7) is 0. The zero-order chi connectivity index (χ0) is 17.0. The number of benzene rings is 1. The average molecular weight is 340 g/mol. The zero-order valence-corrected chi connectivity index (χ0v) is 13.9. The second-order valence-corrected chi connectivity index (χ2v) is 8.69. The lowest BCUT2D eigenvalue weighted by Crippen LogP contribution is -2.47. The molecule has 1 aromatic carbocycles. The lowest BCUT2D eigenvalue weighted by atomic mass is 9.69. The van der Waals surface area contributed by atoms with Crippen LogP contribution >= 0.6 is 0 Å². The van der Waals surface area contributed by atoms with Crippen molar-refractivity contribution in [1.29, 1.82) is 0 Å². The molecule has 0 spiro atoms. The van der Waals surface area contributed by atoms with E-state index in [1.807, 2.05) is 10.6 Å². The Balaban J connectivity index is 1.40. The van der Waals surface area contributed by atoms with Gasteiger partial charge in [-0.3, -0.25) is 0 Å². The van der Waals surface area contributed by atoms with E-state index >= 15 is 0 Å².